The standard InChI is InChI=1S/C15H18ClN3O.Zn/c1-11(12-2-3-12)15(20,8-19-10-17-9-18-19)13-4-6-14(16)7-5-13;/h4-7,9-12,20H,2-3,8H2,1H3;. The van der Waals surface area contributed by atoms with Gasteiger partial charge in [-0.05, 0) is 42.4 Å². The predicted molar refractivity (Wildman–Crippen MR) is 77.3 cm³/mol. The summed E-state index contributed by atoms with van der Waals surface area (Å²) in [5.74, 6) is 0.757. The van der Waals surface area contributed by atoms with Crippen molar-refractivity contribution in [3.05, 3.63) is 47.5 Å². The molecule has 0 radical (unpaired) electrons. The van der Waals surface area contributed by atoms with E-state index in [0.717, 1.165) is 5.56 Å². The summed E-state index contributed by atoms with van der Waals surface area (Å²) in [4.78, 5) is 3.95. The smallest absolute Gasteiger partial charge is 0.137 e. The number of rotatable bonds is 5. The molecule has 2 atom stereocenters. The van der Waals surface area contributed by atoms with Crippen LogP contribution >= 0.6 is 11.6 Å². The number of benzene rings is 1. The van der Waals surface area contributed by atoms with Gasteiger partial charge < -0.3 is 5.11 Å². The molecule has 1 aliphatic rings. The molecule has 2 unspecified atom stereocenters. The van der Waals surface area contributed by atoms with Crippen molar-refractivity contribution in [3.63, 3.8) is 0 Å². The second kappa shape index (κ2) is 6.55. The van der Waals surface area contributed by atoms with E-state index in [1.165, 1.54) is 19.2 Å². The van der Waals surface area contributed by atoms with E-state index in [0.29, 0.717) is 17.5 Å². The molecule has 1 aromatic carbocycles. The van der Waals surface area contributed by atoms with E-state index in [1.807, 2.05) is 24.3 Å². The molecule has 1 fully saturated rings. The van der Waals surface area contributed by atoms with Crippen LogP contribution < -0.4 is 0 Å². The zero-order valence-electron chi connectivity index (χ0n) is 12.1. The molecule has 4 nitrogen and oxygen atoms in total. The number of aromatic nitrogens is 3. The van der Waals surface area contributed by atoms with Crippen molar-refractivity contribution in [1.82, 2.24) is 14.8 Å². The Morgan fingerprint density at radius 2 is 2.05 bits per heavy atom. The van der Waals surface area contributed by atoms with Gasteiger partial charge in [0.25, 0.3) is 0 Å². The molecule has 21 heavy (non-hydrogen) atoms. The molecule has 3 rings (SSSR count). The molecule has 0 bridgehead atoms. The normalized spacial score (nSPS) is 18.6. The second-order valence-corrected chi connectivity index (χ2v) is 6.09. The fraction of sp³-hybridized carbons (Fsp3) is 0.467. The molecule has 108 valence electrons. The molecule has 2 aromatic rings. The number of nitrogens with zero attached hydrogens (tertiary/aromatic N) is 3. The van der Waals surface area contributed by atoms with Crippen LogP contribution in [0.25, 0.3) is 0 Å². The summed E-state index contributed by atoms with van der Waals surface area (Å²) in [5.41, 5.74) is -0.0591. The van der Waals surface area contributed by atoms with Gasteiger partial charge in [-0.15, -0.1) is 0 Å². The molecule has 1 saturated carbocycles. The molecule has 6 heteroatoms. The first kappa shape index (κ1) is 16.6. The van der Waals surface area contributed by atoms with Gasteiger partial charge in [-0.3, -0.25) is 0 Å². The fourth-order valence-electron chi connectivity index (χ4n) is 2.78. The first-order valence-corrected chi connectivity index (χ1v) is 7.28. The minimum Gasteiger partial charge on any atom is -0.383 e. The Labute approximate surface area is 142 Å². The minimum atomic E-state index is -0.945. The molecular weight excluding hydrogens is 339 g/mol. The van der Waals surface area contributed by atoms with Crippen LogP contribution in [-0.2, 0) is 31.6 Å². The topological polar surface area (TPSA) is 50.9 Å². The third-order valence-corrected chi connectivity index (χ3v) is 4.55. The zero-order valence-corrected chi connectivity index (χ0v) is 15.8. The van der Waals surface area contributed by atoms with E-state index in [-0.39, 0.29) is 25.4 Å². The number of hydrogen-bond acceptors (Lipinski definition) is 3. The minimum absolute atomic E-state index is 0. The summed E-state index contributed by atoms with van der Waals surface area (Å²) in [5, 5.41) is 16.1. The fourth-order valence-corrected chi connectivity index (χ4v) is 2.91. The summed E-state index contributed by atoms with van der Waals surface area (Å²) >= 11 is 5.95. The largest absolute Gasteiger partial charge is 0.383 e. The van der Waals surface area contributed by atoms with Crippen molar-refractivity contribution >= 4 is 11.6 Å². The van der Waals surface area contributed by atoms with Crippen molar-refractivity contribution in [2.45, 2.75) is 31.9 Å². The molecule has 1 heterocycles. The first-order chi connectivity index (χ1) is 9.59. The predicted octanol–water partition coefficient (Wildman–Crippen LogP) is 2.86. The average molecular weight is 357 g/mol. The first-order valence-electron chi connectivity index (χ1n) is 6.90. The summed E-state index contributed by atoms with van der Waals surface area (Å²) in [6.45, 7) is 2.52. The molecule has 0 spiro atoms. The molecule has 0 aliphatic heterocycles. The third-order valence-electron chi connectivity index (χ3n) is 4.30. The Balaban J connectivity index is 0.00000161. The van der Waals surface area contributed by atoms with Crippen LogP contribution in [0.4, 0.5) is 0 Å². The van der Waals surface area contributed by atoms with Crippen molar-refractivity contribution in [2.75, 3.05) is 0 Å². The van der Waals surface area contributed by atoms with Crippen LogP contribution in [0.2, 0.25) is 5.02 Å². The van der Waals surface area contributed by atoms with Gasteiger partial charge in [-0.25, -0.2) is 9.67 Å². The SMILES string of the molecule is CC(C1CC1)C(O)(Cn1cncn1)c1ccc(Cl)cc1.[Zn]. The Kier molecular flexibility index (Phi) is 5.18. The maximum Gasteiger partial charge on any atom is 0.137 e. The Bertz CT molecular complexity index is 571. The van der Waals surface area contributed by atoms with Crippen LogP contribution in [0.3, 0.4) is 0 Å². The maximum absolute atomic E-state index is 11.3. The van der Waals surface area contributed by atoms with Crippen molar-refractivity contribution in [3.8, 4) is 0 Å². The van der Waals surface area contributed by atoms with Gasteiger partial charge in [0.05, 0.1) is 6.54 Å². The van der Waals surface area contributed by atoms with E-state index in [4.69, 9.17) is 11.6 Å². The molecule has 1 aromatic heterocycles. The van der Waals surface area contributed by atoms with Gasteiger partial charge in [0.2, 0.25) is 0 Å². The van der Waals surface area contributed by atoms with Gasteiger partial charge in [-0.2, -0.15) is 5.10 Å². The molecular formula is C15H18ClN3OZn. The Morgan fingerprint density at radius 3 is 2.57 bits per heavy atom. The third kappa shape index (κ3) is 3.53. The molecule has 1 aliphatic carbocycles. The monoisotopic (exact) mass is 355 g/mol. The summed E-state index contributed by atoms with van der Waals surface area (Å²) in [7, 11) is 0. The van der Waals surface area contributed by atoms with Crippen LogP contribution in [-0.4, -0.2) is 19.9 Å². The van der Waals surface area contributed by atoms with Gasteiger partial charge in [0, 0.05) is 24.5 Å². The number of aliphatic hydroxyl groups is 1. The quantitative estimate of drug-likeness (QED) is 0.838. The summed E-state index contributed by atoms with van der Waals surface area (Å²) in [6, 6.07) is 7.45. The van der Waals surface area contributed by atoms with E-state index in [1.54, 1.807) is 11.0 Å². The van der Waals surface area contributed by atoms with Crippen LogP contribution in [0.15, 0.2) is 36.9 Å². The number of halogens is 1. The molecule has 1 N–H and O–H groups in total. The van der Waals surface area contributed by atoms with E-state index >= 15 is 0 Å². The second-order valence-electron chi connectivity index (χ2n) is 5.65. The number of hydrogen-bond donors (Lipinski definition) is 1. The summed E-state index contributed by atoms with van der Waals surface area (Å²) in [6.07, 6.45) is 5.51. The van der Waals surface area contributed by atoms with Crippen molar-refractivity contribution < 1.29 is 24.6 Å². The van der Waals surface area contributed by atoms with E-state index < -0.39 is 5.60 Å². The van der Waals surface area contributed by atoms with Gasteiger partial charge in [0.15, 0.2) is 0 Å². The van der Waals surface area contributed by atoms with Crippen LogP contribution in [0.5, 0.6) is 0 Å². The zero-order chi connectivity index (χ0) is 14.2. The van der Waals surface area contributed by atoms with E-state index in [9.17, 15) is 5.11 Å². The van der Waals surface area contributed by atoms with Crippen LogP contribution in [0.1, 0.15) is 25.3 Å². The van der Waals surface area contributed by atoms with Gasteiger partial charge >= 0.3 is 0 Å². The van der Waals surface area contributed by atoms with Crippen molar-refractivity contribution in [2.24, 2.45) is 11.8 Å². The van der Waals surface area contributed by atoms with Crippen LogP contribution in [0, 0.1) is 11.8 Å². The maximum atomic E-state index is 11.3. The Hall–Kier alpha value is -0.767. The van der Waals surface area contributed by atoms with Gasteiger partial charge in [0.1, 0.15) is 18.3 Å². The Morgan fingerprint density at radius 1 is 1.38 bits per heavy atom. The average Bonchev–Trinajstić information content (AvgIpc) is 3.17. The van der Waals surface area contributed by atoms with E-state index in [2.05, 4.69) is 17.0 Å². The van der Waals surface area contributed by atoms with Gasteiger partial charge in [-0.1, -0.05) is 30.7 Å². The molecule has 0 saturated heterocycles. The summed E-state index contributed by atoms with van der Waals surface area (Å²) < 4.78 is 1.69. The molecule has 0 amide bonds. The van der Waals surface area contributed by atoms with Crippen molar-refractivity contribution in [1.29, 1.82) is 0 Å².